The molecule has 1 saturated heterocycles. The average molecular weight is 293 g/mol. The number of carboxylic acid groups (broad SMARTS) is 1. The monoisotopic (exact) mass is 293 g/mol. The number of anilines is 1. The lowest BCUT2D eigenvalue weighted by atomic mass is 9.90. The minimum atomic E-state index is -1.06. The molecule has 21 heavy (non-hydrogen) atoms. The van der Waals surface area contributed by atoms with Crippen LogP contribution in [-0.2, 0) is 9.53 Å². The van der Waals surface area contributed by atoms with Crippen LogP contribution in [0.3, 0.4) is 0 Å². The first kappa shape index (κ1) is 15.2. The summed E-state index contributed by atoms with van der Waals surface area (Å²) in [7, 11) is 3.28. The smallest absolute Gasteiger partial charge is 0.329 e. The Balaban J connectivity index is 2.23. The quantitative estimate of drug-likeness (QED) is 0.854. The number of carbonyl (C=O) groups is 2. The maximum absolute atomic E-state index is 11.9. The van der Waals surface area contributed by atoms with E-state index in [-0.39, 0.29) is 11.6 Å². The fraction of sp³-hybridized carbons (Fsp3) is 0.500. The van der Waals surface area contributed by atoms with Gasteiger partial charge in [0.2, 0.25) is 0 Å². The molecule has 0 saturated carbocycles. The van der Waals surface area contributed by atoms with E-state index in [4.69, 9.17) is 4.74 Å². The number of carbonyl (C=O) groups excluding carboxylic acids is 1. The van der Waals surface area contributed by atoms with Crippen LogP contribution in [0.5, 0.6) is 0 Å². The Hall–Kier alpha value is -2.15. The van der Waals surface area contributed by atoms with Crippen LogP contribution in [0.2, 0.25) is 0 Å². The van der Waals surface area contributed by atoms with Crippen LogP contribution in [0.4, 0.5) is 5.69 Å². The number of aliphatic carboxylic acids is 1. The topological polar surface area (TPSA) is 91.8 Å². The van der Waals surface area contributed by atoms with E-state index in [0.717, 1.165) is 0 Å². The van der Waals surface area contributed by atoms with Gasteiger partial charge >= 0.3 is 5.97 Å². The van der Waals surface area contributed by atoms with E-state index in [1.54, 1.807) is 26.2 Å². The molecular weight excluding hydrogens is 274 g/mol. The van der Waals surface area contributed by atoms with Crippen molar-refractivity contribution < 1.29 is 19.4 Å². The number of hydrogen-bond acceptors (Lipinski definition) is 5. The molecule has 0 radical (unpaired) electrons. The number of nitrogens with one attached hydrogen (secondary N) is 1. The van der Waals surface area contributed by atoms with Crippen LogP contribution < -0.4 is 5.32 Å². The molecule has 7 nitrogen and oxygen atoms in total. The van der Waals surface area contributed by atoms with E-state index in [9.17, 15) is 14.7 Å². The number of pyridine rings is 1. The number of nitrogens with zero attached hydrogens (tertiary/aromatic N) is 2. The van der Waals surface area contributed by atoms with Crippen LogP contribution in [0.25, 0.3) is 0 Å². The Morgan fingerprint density at radius 1 is 1.38 bits per heavy atom. The van der Waals surface area contributed by atoms with Gasteiger partial charge in [-0.3, -0.25) is 9.78 Å². The first-order valence-electron chi connectivity index (χ1n) is 6.72. The summed E-state index contributed by atoms with van der Waals surface area (Å²) in [5, 5.41) is 12.5. The van der Waals surface area contributed by atoms with E-state index in [1.165, 1.54) is 11.1 Å². The van der Waals surface area contributed by atoms with Gasteiger partial charge in [-0.15, -0.1) is 0 Å². The lowest BCUT2D eigenvalue weighted by Gasteiger charge is -2.34. The van der Waals surface area contributed by atoms with Gasteiger partial charge in [0.05, 0.1) is 0 Å². The van der Waals surface area contributed by atoms with Gasteiger partial charge in [-0.25, -0.2) is 4.79 Å². The third-order valence-electron chi connectivity index (χ3n) is 3.52. The van der Waals surface area contributed by atoms with Gasteiger partial charge in [-0.2, -0.15) is 0 Å². The van der Waals surface area contributed by atoms with Crippen molar-refractivity contribution >= 4 is 17.6 Å². The summed E-state index contributed by atoms with van der Waals surface area (Å²) in [6.45, 7) is 0.793. The molecule has 2 N–H and O–H groups in total. The number of rotatable bonds is 4. The molecule has 114 valence electrons. The Bertz CT molecular complexity index is 539. The van der Waals surface area contributed by atoms with Gasteiger partial charge in [0.15, 0.2) is 0 Å². The summed E-state index contributed by atoms with van der Waals surface area (Å²) in [6, 6.07) is 3.23. The van der Waals surface area contributed by atoms with Gasteiger partial charge in [-0.05, 0) is 12.1 Å². The maximum atomic E-state index is 11.9. The molecule has 1 aromatic heterocycles. The molecule has 0 aliphatic carbocycles. The number of aromatic nitrogens is 1. The van der Waals surface area contributed by atoms with E-state index >= 15 is 0 Å². The van der Waals surface area contributed by atoms with Crippen LogP contribution in [-0.4, -0.2) is 59.7 Å². The highest BCUT2D eigenvalue weighted by molar-refractivity contribution is 5.93. The summed E-state index contributed by atoms with van der Waals surface area (Å²) in [6.07, 6.45) is 2.25. The average Bonchev–Trinajstić information content (AvgIpc) is 2.47. The zero-order valence-electron chi connectivity index (χ0n) is 12.1. The van der Waals surface area contributed by atoms with Gasteiger partial charge in [-0.1, -0.05) is 0 Å². The van der Waals surface area contributed by atoms with Crippen molar-refractivity contribution in [2.45, 2.75) is 18.4 Å². The molecule has 0 spiro atoms. The highest BCUT2D eigenvalue weighted by atomic mass is 16.5. The van der Waals surface area contributed by atoms with Gasteiger partial charge < -0.3 is 20.1 Å². The van der Waals surface area contributed by atoms with E-state index < -0.39 is 11.5 Å². The largest absolute Gasteiger partial charge is 0.480 e. The summed E-state index contributed by atoms with van der Waals surface area (Å²) < 4.78 is 5.23. The van der Waals surface area contributed by atoms with Gasteiger partial charge in [0.25, 0.3) is 5.91 Å². The minimum Gasteiger partial charge on any atom is -0.480 e. The molecule has 0 unspecified atom stereocenters. The zero-order chi connectivity index (χ0) is 15.5. The van der Waals surface area contributed by atoms with Crippen molar-refractivity contribution in [2.24, 2.45) is 0 Å². The first-order chi connectivity index (χ1) is 9.94. The molecule has 0 atom stereocenters. The maximum Gasteiger partial charge on any atom is 0.329 e. The summed E-state index contributed by atoms with van der Waals surface area (Å²) in [5.41, 5.74) is -0.213. The Morgan fingerprint density at radius 2 is 2.05 bits per heavy atom. The molecule has 0 aromatic carbocycles. The van der Waals surface area contributed by atoms with E-state index in [1.807, 2.05) is 0 Å². The predicted molar refractivity (Wildman–Crippen MR) is 76.3 cm³/mol. The zero-order valence-corrected chi connectivity index (χ0v) is 12.1. The Kier molecular flexibility index (Phi) is 4.42. The van der Waals surface area contributed by atoms with Gasteiger partial charge in [0, 0.05) is 52.0 Å². The highest BCUT2D eigenvalue weighted by Gasteiger charge is 2.40. The molecular formula is C14H19N3O4. The molecule has 0 bridgehead atoms. The third-order valence-corrected chi connectivity index (χ3v) is 3.52. The molecule has 1 aromatic rings. The molecule has 1 aliphatic rings. The van der Waals surface area contributed by atoms with E-state index in [0.29, 0.717) is 31.7 Å². The van der Waals surface area contributed by atoms with Crippen LogP contribution in [0.1, 0.15) is 23.3 Å². The number of ether oxygens (including phenoxy) is 1. The second kappa shape index (κ2) is 6.09. The molecule has 1 fully saturated rings. The van der Waals surface area contributed by atoms with Crippen molar-refractivity contribution in [1.82, 2.24) is 9.88 Å². The minimum absolute atomic E-state index is 0.227. The van der Waals surface area contributed by atoms with Crippen LogP contribution >= 0.6 is 0 Å². The summed E-state index contributed by atoms with van der Waals surface area (Å²) >= 11 is 0. The summed E-state index contributed by atoms with van der Waals surface area (Å²) in [5.74, 6) is -1.14. The standard InChI is InChI=1S/C14H19N3O4/c1-17(2)12(18)11-9-10(3-6-15-11)16-14(13(19)20)4-7-21-8-5-14/h3,6,9H,4-5,7-8H2,1-2H3,(H,15,16)(H,19,20). The fourth-order valence-corrected chi connectivity index (χ4v) is 2.24. The molecule has 1 aliphatic heterocycles. The molecule has 7 heteroatoms. The van der Waals surface area contributed by atoms with Crippen molar-refractivity contribution in [2.75, 3.05) is 32.6 Å². The van der Waals surface area contributed by atoms with Crippen molar-refractivity contribution in [3.05, 3.63) is 24.0 Å². The second-order valence-electron chi connectivity index (χ2n) is 5.25. The Labute approximate surface area is 122 Å². The van der Waals surface area contributed by atoms with Crippen LogP contribution in [0, 0.1) is 0 Å². The fourth-order valence-electron chi connectivity index (χ4n) is 2.24. The molecule has 1 amide bonds. The SMILES string of the molecule is CN(C)C(=O)c1cc(NC2(C(=O)O)CCOCC2)ccn1. The summed E-state index contributed by atoms with van der Waals surface area (Å²) in [4.78, 5) is 28.9. The molecule has 2 heterocycles. The highest BCUT2D eigenvalue weighted by Crippen LogP contribution is 2.26. The van der Waals surface area contributed by atoms with E-state index in [2.05, 4.69) is 10.3 Å². The normalized spacial score (nSPS) is 17.0. The number of amides is 1. The lowest BCUT2D eigenvalue weighted by Crippen LogP contribution is -2.50. The number of carboxylic acids is 1. The van der Waals surface area contributed by atoms with Crippen LogP contribution in [0.15, 0.2) is 18.3 Å². The number of hydrogen-bond donors (Lipinski definition) is 2. The first-order valence-corrected chi connectivity index (χ1v) is 6.72. The molecule has 2 rings (SSSR count). The Morgan fingerprint density at radius 3 is 2.62 bits per heavy atom. The third kappa shape index (κ3) is 3.30. The van der Waals surface area contributed by atoms with Crippen molar-refractivity contribution in [1.29, 1.82) is 0 Å². The van der Waals surface area contributed by atoms with Crippen molar-refractivity contribution in [3.8, 4) is 0 Å². The second-order valence-corrected chi connectivity index (χ2v) is 5.25. The van der Waals surface area contributed by atoms with Gasteiger partial charge in [0.1, 0.15) is 11.2 Å². The predicted octanol–water partition coefficient (Wildman–Crippen LogP) is 0.829. The lowest BCUT2D eigenvalue weighted by molar-refractivity contribution is -0.145. The van der Waals surface area contributed by atoms with Crippen molar-refractivity contribution in [3.63, 3.8) is 0 Å².